The molecular formula is C22H30N2O3. The first-order valence-corrected chi connectivity index (χ1v) is 10.3. The number of nitrogens with one attached hydrogen (secondary N) is 1. The van der Waals surface area contributed by atoms with Crippen molar-refractivity contribution in [2.24, 2.45) is 5.92 Å². The largest absolute Gasteiger partial charge is 0.491 e. The molecule has 2 aliphatic rings. The van der Waals surface area contributed by atoms with E-state index in [2.05, 4.69) is 34.7 Å². The molecular weight excluding hydrogens is 340 g/mol. The van der Waals surface area contributed by atoms with Gasteiger partial charge < -0.3 is 19.3 Å². The summed E-state index contributed by atoms with van der Waals surface area (Å²) in [6.45, 7) is 4.32. The SMILES string of the molecule is Cc1cc(C[C@@H]2CCC[C@H]2NCc2ccccc2OC[C@H]2CCCO2)on1. The standard InChI is InChI=1S/C22H30N2O3/c1-16-12-20(27-24-16)13-17-7-4-9-21(17)23-14-18-6-2-3-10-22(18)26-15-19-8-5-11-25-19/h2-3,6,10,12,17,19,21,23H,4-5,7-9,11,13-15H2,1H3/t17-,19+,21+/m0/s1. The van der Waals surface area contributed by atoms with E-state index in [1.165, 1.54) is 24.8 Å². The van der Waals surface area contributed by atoms with E-state index in [9.17, 15) is 0 Å². The molecule has 1 N–H and O–H groups in total. The predicted molar refractivity (Wildman–Crippen MR) is 104 cm³/mol. The number of hydrogen-bond acceptors (Lipinski definition) is 5. The first-order valence-electron chi connectivity index (χ1n) is 10.3. The van der Waals surface area contributed by atoms with Gasteiger partial charge in [0.1, 0.15) is 18.1 Å². The van der Waals surface area contributed by atoms with Gasteiger partial charge in [0.15, 0.2) is 0 Å². The van der Waals surface area contributed by atoms with Crippen molar-refractivity contribution in [3.8, 4) is 5.75 Å². The van der Waals surface area contributed by atoms with Crippen LogP contribution in [0.4, 0.5) is 0 Å². The van der Waals surface area contributed by atoms with E-state index in [4.69, 9.17) is 14.0 Å². The molecule has 0 radical (unpaired) electrons. The fourth-order valence-corrected chi connectivity index (χ4v) is 4.31. The van der Waals surface area contributed by atoms with Gasteiger partial charge in [-0.2, -0.15) is 0 Å². The molecule has 1 saturated heterocycles. The molecule has 1 aromatic heterocycles. The van der Waals surface area contributed by atoms with Gasteiger partial charge in [0, 0.05) is 37.2 Å². The quantitative estimate of drug-likeness (QED) is 0.760. The highest BCUT2D eigenvalue weighted by atomic mass is 16.5. The van der Waals surface area contributed by atoms with Gasteiger partial charge >= 0.3 is 0 Å². The third kappa shape index (κ3) is 4.90. The second-order valence-electron chi connectivity index (χ2n) is 7.87. The molecule has 5 heteroatoms. The lowest BCUT2D eigenvalue weighted by molar-refractivity contribution is 0.0675. The molecule has 146 valence electrons. The minimum absolute atomic E-state index is 0.246. The van der Waals surface area contributed by atoms with Crippen LogP contribution in [0.5, 0.6) is 5.75 Å². The Kier molecular flexibility index (Phi) is 6.10. The summed E-state index contributed by atoms with van der Waals surface area (Å²) in [6.07, 6.45) is 7.19. The summed E-state index contributed by atoms with van der Waals surface area (Å²) < 4.78 is 17.2. The third-order valence-corrected chi connectivity index (χ3v) is 5.78. The van der Waals surface area contributed by atoms with E-state index in [0.717, 1.165) is 49.6 Å². The molecule has 0 bridgehead atoms. The summed E-state index contributed by atoms with van der Waals surface area (Å²) in [7, 11) is 0. The van der Waals surface area contributed by atoms with Crippen LogP contribution in [-0.2, 0) is 17.7 Å². The molecule has 0 unspecified atom stereocenters. The minimum atomic E-state index is 0.246. The number of nitrogens with zero attached hydrogens (tertiary/aromatic N) is 1. The molecule has 5 nitrogen and oxygen atoms in total. The first-order chi connectivity index (χ1) is 13.3. The maximum Gasteiger partial charge on any atom is 0.137 e. The molecule has 0 amide bonds. The van der Waals surface area contributed by atoms with Gasteiger partial charge in [-0.15, -0.1) is 0 Å². The van der Waals surface area contributed by atoms with Crippen LogP contribution in [0.3, 0.4) is 0 Å². The number of ether oxygens (including phenoxy) is 2. The molecule has 1 aliphatic carbocycles. The van der Waals surface area contributed by atoms with E-state index in [0.29, 0.717) is 18.6 Å². The molecule has 2 aromatic rings. The third-order valence-electron chi connectivity index (χ3n) is 5.78. The molecule has 1 saturated carbocycles. The van der Waals surface area contributed by atoms with Crippen molar-refractivity contribution in [1.82, 2.24) is 10.5 Å². The van der Waals surface area contributed by atoms with E-state index < -0.39 is 0 Å². The fraction of sp³-hybridized carbons (Fsp3) is 0.591. The van der Waals surface area contributed by atoms with E-state index >= 15 is 0 Å². The van der Waals surface area contributed by atoms with E-state index in [1.807, 2.05) is 13.0 Å². The van der Waals surface area contributed by atoms with Crippen LogP contribution >= 0.6 is 0 Å². The molecule has 4 rings (SSSR count). The zero-order chi connectivity index (χ0) is 18.5. The van der Waals surface area contributed by atoms with Crippen LogP contribution in [0.1, 0.15) is 49.1 Å². The predicted octanol–water partition coefficient (Wildman–Crippen LogP) is 4.04. The highest BCUT2D eigenvalue weighted by Crippen LogP contribution is 2.30. The maximum atomic E-state index is 6.07. The lowest BCUT2D eigenvalue weighted by atomic mass is 9.97. The molecule has 0 spiro atoms. The lowest BCUT2D eigenvalue weighted by Crippen LogP contribution is -2.33. The van der Waals surface area contributed by atoms with Crippen molar-refractivity contribution in [3.63, 3.8) is 0 Å². The van der Waals surface area contributed by atoms with Crippen LogP contribution in [0.15, 0.2) is 34.9 Å². The number of aryl methyl sites for hydroxylation is 1. The average Bonchev–Trinajstić information content (AvgIpc) is 3.42. The number of benzene rings is 1. The van der Waals surface area contributed by atoms with Crippen molar-refractivity contribution < 1.29 is 14.0 Å². The number of hydrogen-bond donors (Lipinski definition) is 1. The van der Waals surface area contributed by atoms with Gasteiger partial charge in [0.2, 0.25) is 0 Å². The average molecular weight is 370 g/mol. The second kappa shape index (κ2) is 8.89. The molecule has 3 atom stereocenters. The lowest BCUT2D eigenvalue weighted by Gasteiger charge is -2.21. The van der Waals surface area contributed by atoms with Crippen molar-refractivity contribution >= 4 is 0 Å². The van der Waals surface area contributed by atoms with Gasteiger partial charge in [-0.05, 0) is 44.6 Å². The summed E-state index contributed by atoms with van der Waals surface area (Å²) in [6, 6.07) is 10.9. The van der Waals surface area contributed by atoms with Crippen molar-refractivity contribution in [2.75, 3.05) is 13.2 Å². The Morgan fingerprint density at radius 1 is 1.19 bits per heavy atom. The Hall–Kier alpha value is -1.85. The monoisotopic (exact) mass is 370 g/mol. The zero-order valence-corrected chi connectivity index (χ0v) is 16.2. The summed E-state index contributed by atoms with van der Waals surface area (Å²) in [5.41, 5.74) is 2.18. The molecule has 1 aromatic carbocycles. The number of rotatable bonds is 8. The van der Waals surface area contributed by atoms with Crippen molar-refractivity contribution in [3.05, 3.63) is 47.3 Å². The Morgan fingerprint density at radius 3 is 2.93 bits per heavy atom. The van der Waals surface area contributed by atoms with Crippen LogP contribution in [0, 0.1) is 12.8 Å². The van der Waals surface area contributed by atoms with Gasteiger partial charge in [-0.25, -0.2) is 0 Å². The first kappa shape index (κ1) is 18.5. The Bertz CT molecular complexity index is 724. The molecule has 27 heavy (non-hydrogen) atoms. The van der Waals surface area contributed by atoms with Crippen LogP contribution in [0.2, 0.25) is 0 Å². The summed E-state index contributed by atoms with van der Waals surface area (Å²) in [4.78, 5) is 0. The fourth-order valence-electron chi connectivity index (χ4n) is 4.31. The Morgan fingerprint density at radius 2 is 2.11 bits per heavy atom. The normalized spacial score (nSPS) is 25.1. The van der Waals surface area contributed by atoms with Gasteiger partial charge in [-0.3, -0.25) is 0 Å². The van der Waals surface area contributed by atoms with Gasteiger partial charge in [0.25, 0.3) is 0 Å². The summed E-state index contributed by atoms with van der Waals surface area (Å²) in [5.74, 6) is 2.59. The topological polar surface area (TPSA) is 56.5 Å². The maximum absolute atomic E-state index is 6.07. The van der Waals surface area contributed by atoms with E-state index in [-0.39, 0.29) is 6.10 Å². The van der Waals surface area contributed by atoms with Crippen LogP contribution in [-0.4, -0.2) is 30.5 Å². The smallest absolute Gasteiger partial charge is 0.137 e. The molecule has 2 heterocycles. The van der Waals surface area contributed by atoms with E-state index in [1.54, 1.807) is 0 Å². The van der Waals surface area contributed by atoms with Crippen LogP contribution < -0.4 is 10.1 Å². The highest BCUT2D eigenvalue weighted by Gasteiger charge is 2.28. The zero-order valence-electron chi connectivity index (χ0n) is 16.2. The van der Waals surface area contributed by atoms with Gasteiger partial charge in [-0.1, -0.05) is 29.8 Å². The second-order valence-corrected chi connectivity index (χ2v) is 7.87. The number of aromatic nitrogens is 1. The summed E-state index contributed by atoms with van der Waals surface area (Å²) >= 11 is 0. The van der Waals surface area contributed by atoms with Crippen molar-refractivity contribution in [2.45, 2.75) is 64.1 Å². The van der Waals surface area contributed by atoms with Gasteiger partial charge in [0.05, 0.1) is 11.8 Å². The highest BCUT2D eigenvalue weighted by molar-refractivity contribution is 5.33. The Labute approximate surface area is 161 Å². The minimum Gasteiger partial charge on any atom is -0.491 e. The van der Waals surface area contributed by atoms with Crippen LogP contribution in [0.25, 0.3) is 0 Å². The molecule has 1 aliphatic heterocycles. The Balaban J connectivity index is 1.32. The summed E-state index contributed by atoms with van der Waals surface area (Å²) in [5, 5.41) is 7.79. The number of para-hydroxylation sites is 1. The van der Waals surface area contributed by atoms with Crippen molar-refractivity contribution in [1.29, 1.82) is 0 Å². The molecule has 2 fully saturated rings.